The molecule has 158 valence electrons. The summed E-state index contributed by atoms with van der Waals surface area (Å²) in [6.45, 7) is 7.08. The first-order valence-corrected chi connectivity index (χ1v) is 10.3. The first-order chi connectivity index (χ1) is 13.3. The van der Waals surface area contributed by atoms with Gasteiger partial charge in [-0.25, -0.2) is 0 Å². The van der Waals surface area contributed by atoms with Crippen molar-refractivity contribution in [1.29, 1.82) is 0 Å². The Morgan fingerprint density at radius 2 is 2.04 bits per heavy atom. The molecule has 1 aliphatic heterocycles. The number of nitrogens with one attached hydrogen (secondary N) is 2. The number of aryl methyl sites for hydroxylation is 1. The maximum atomic E-state index is 5.94. The van der Waals surface area contributed by atoms with Gasteiger partial charge < -0.3 is 19.8 Å². The highest BCUT2D eigenvalue weighted by atomic mass is 127. The van der Waals surface area contributed by atoms with Gasteiger partial charge in [0, 0.05) is 33.2 Å². The highest BCUT2D eigenvalue weighted by molar-refractivity contribution is 14.0. The predicted molar refractivity (Wildman–Crippen MR) is 125 cm³/mol. The fourth-order valence-electron chi connectivity index (χ4n) is 3.82. The molecule has 2 N–H and O–H groups in total. The molecule has 1 unspecified atom stereocenters. The van der Waals surface area contributed by atoms with Gasteiger partial charge in [0.15, 0.2) is 5.96 Å². The second-order valence-corrected chi connectivity index (χ2v) is 7.35. The zero-order valence-electron chi connectivity index (χ0n) is 17.2. The van der Waals surface area contributed by atoms with E-state index in [1.54, 1.807) is 5.57 Å². The van der Waals surface area contributed by atoms with Crippen LogP contribution in [0.1, 0.15) is 49.7 Å². The van der Waals surface area contributed by atoms with Crippen molar-refractivity contribution in [3.8, 4) is 0 Å². The van der Waals surface area contributed by atoms with E-state index in [9.17, 15) is 0 Å². The monoisotopic (exact) mass is 502 g/mol. The third kappa shape index (κ3) is 7.08. The molecule has 2 aliphatic rings. The van der Waals surface area contributed by atoms with Crippen LogP contribution in [0.5, 0.6) is 0 Å². The summed E-state index contributed by atoms with van der Waals surface area (Å²) in [5, 5.41) is 6.95. The first-order valence-electron chi connectivity index (χ1n) is 10.3. The Labute approximate surface area is 186 Å². The maximum Gasteiger partial charge on any atom is 0.191 e. The SMILES string of the molecule is CN=C(NCCC1=CCCCC1)NCC(c1ccc(C)o1)N1CCOCC1.I. The molecular weight excluding hydrogens is 467 g/mol. The number of hydrogen-bond acceptors (Lipinski definition) is 4. The number of rotatable bonds is 7. The van der Waals surface area contributed by atoms with Crippen molar-refractivity contribution in [2.45, 2.75) is 45.1 Å². The lowest BCUT2D eigenvalue weighted by Crippen LogP contribution is -2.46. The molecule has 0 aromatic carbocycles. The van der Waals surface area contributed by atoms with Crippen LogP contribution < -0.4 is 10.6 Å². The van der Waals surface area contributed by atoms with Crippen molar-refractivity contribution >= 4 is 29.9 Å². The number of halogens is 1. The topological polar surface area (TPSA) is 62.0 Å². The molecule has 0 saturated carbocycles. The van der Waals surface area contributed by atoms with Gasteiger partial charge >= 0.3 is 0 Å². The minimum absolute atomic E-state index is 0. The van der Waals surface area contributed by atoms with Crippen LogP contribution in [0.3, 0.4) is 0 Å². The Morgan fingerprint density at radius 1 is 1.21 bits per heavy atom. The number of guanidine groups is 1. The summed E-state index contributed by atoms with van der Waals surface area (Å²) in [7, 11) is 1.83. The summed E-state index contributed by atoms with van der Waals surface area (Å²) in [5.74, 6) is 2.81. The van der Waals surface area contributed by atoms with Gasteiger partial charge in [-0.1, -0.05) is 11.6 Å². The quantitative estimate of drug-likeness (QED) is 0.258. The smallest absolute Gasteiger partial charge is 0.191 e. The van der Waals surface area contributed by atoms with Crippen molar-refractivity contribution in [3.05, 3.63) is 35.3 Å². The molecule has 0 spiro atoms. The number of morpholine rings is 1. The summed E-state index contributed by atoms with van der Waals surface area (Å²) in [5.41, 5.74) is 1.58. The minimum atomic E-state index is 0. The summed E-state index contributed by atoms with van der Waals surface area (Å²) in [6.07, 6.45) is 8.69. The van der Waals surface area contributed by atoms with Gasteiger partial charge in [0.05, 0.1) is 19.3 Å². The summed E-state index contributed by atoms with van der Waals surface area (Å²) < 4.78 is 11.4. The molecule has 2 heterocycles. The van der Waals surface area contributed by atoms with Crippen molar-refractivity contribution in [2.75, 3.05) is 46.4 Å². The van der Waals surface area contributed by atoms with Crippen molar-refractivity contribution in [3.63, 3.8) is 0 Å². The van der Waals surface area contributed by atoms with E-state index in [1.165, 1.54) is 25.7 Å². The van der Waals surface area contributed by atoms with E-state index in [4.69, 9.17) is 9.15 Å². The van der Waals surface area contributed by atoms with Crippen LogP contribution in [0, 0.1) is 6.92 Å². The van der Waals surface area contributed by atoms with Crippen LogP contribution >= 0.6 is 24.0 Å². The Kier molecular flexibility index (Phi) is 10.4. The molecule has 1 aliphatic carbocycles. The van der Waals surface area contributed by atoms with Gasteiger partial charge in [-0.05, 0) is 51.2 Å². The first kappa shape index (κ1) is 23.2. The Balaban J connectivity index is 0.00000280. The zero-order chi connectivity index (χ0) is 18.9. The molecule has 6 nitrogen and oxygen atoms in total. The van der Waals surface area contributed by atoms with Gasteiger partial charge in [-0.3, -0.25) is 9.89 Å². The average Bonchev–Trinajstić information content (AvgIpc) is 3.14. The van der Waals surface area contributed by atoms with E-state index < -0.39 is 0 Å². The highest BCUT2D eigenvalue weighted by Crippen LogP contribution is 2.23. The maximum absolute atomic E-state index is 5.94. The molecule has 0 bridgehead atoms. The molecule has 7 heteroatoms. The zero-order valence-corrected chi connectivity index (χ0v) is 19.5. The van der Waals surface area contributed by atoms with E-state index in [2.05, 4.69) is 32.7 Å². The second-order valence-electron chi connectivity index (χ2n) is 7.35. The molecular formula is C21H35IN4O2. The van der Waals surface area contributed by atoms with Gasteiger partial charge in [-0.15, -0.1) is 24.0 Å². The second kappa shape index (κ2) is 12.5. The van der Waals surface area contributed by atoms with Crippen molar-refractivity contribution in [2.24, 2.45) is 4.99 Å². The van der Waals surface area contributed by atoms with Gasteiger partial charge in [0.2, 0.25) is 0 Å². The van der Waals surface area contributed by atoms with Crippen LogP contribution in [0.25, 0.3) is 0 Å². The lowest BCUT2D eigenvalue weighted by Gasteiger charge is -2.33. The van der Waals surface area contributed by atoms with E-state index in [1.807, 2.05) is 20.0 Å². The summed E-state index contributed by atoms with van der Waals surface area (Å²) >= 11 is 0. The standard InChI is InChI=1S/C21H34N4O2.HI/c1-17-8-9-20(27-17)19(25-12-14-26-15-13-25)16-24-21(22-2)23-11-10-18-6-4-3-5-7-18;/h6,8-9,19H,3-5,7,10-16H2,1-2H3,(H2,22,23,24);1H. The Hall–Kier alpha value is -1.06. The van der Waals surface area contributed by atoms with Crippen LogP contribution in [-0.4, -0.2) is 57.3 Å². The molecule has 1 aromatic heterocycles. The van der Waals surface area contributed by atoms with E-state index in [0.717, 1.165) is 63.3 Å². The minimum Gasteiger partial charge on any atom is -0.465 e. The van der Waals surface area contributed by atoms with Crippen molar-refractivity contribution < 1.29 is 9.15 Å². The fraction of sp³-hybridized carbons (Fsp3) is 0.667. The van der Waals surface area contributed by atoms with Crippen molar-refractivity contribution in [1.82, 2.24) is 15.5 Å². The lowest BCUT2D eigenvalue weighted by molar-refractivity contribution is 0.0124. The van der Waals surface area contributed by atoms with E-state index >= 15 is 0 Å². The van der Waals surface area contributed by atoms with E-state index in [-0.39, 0.29) is 30.0 Å². The van der Waals surface area contributed by atoms with Crippen LogP contribution in [0.15, 0.2) is 33.2 Å². The normalized spacial score (nSPS) is 19.5. The highest BCUT2D eigenvalue weighted by Gasteiger charge is 2.25. The average molecular weight is 502 g/mol. The summed E-state index contributed by atoms with van der Waals surface area (Å²) in [6, 6.07) is 4.30. The molecule has 0 radical (unpaired) electrons. The number of nitrogens with zero attached hydrogens (tertiary/aromatic N) is 2. The van der Waals surface area contributed by atoms with E-state index in [0.29, 0.717) is 0 Å². The molecule has 1 saturated heterocycles. The number of ether oxygens (including phenoxy) is 1. The largest absolute Gasteiger partial charge is 0.465 e. The third-order valence-corrected chi connectivity index (χ3v) is 5.39. The van der Waals surface area contributed by atoms with Gasteiger partial charge in [-0.2, -0.15) is 0 Å². The summed E-state index contributed by atoms with van der Waals surface area (Å²) in [4.78, 5) is 6.81. The predicted octanol–water partition coefficient (Wildman–Crippen LogP) is 3.63. The lowest BCUT2D eigenvalue weighted by atomic mass is 9.97. The number of hydrogen-bond donors (Lipinski definition) is 2. The van der Waals surface area contributed by atoms with Crippen LogP contribution in [0.4, 0.5) is 0 Å². The fourth-order valence-corrected chi connectivity index (χ4v) is 3.82. The number of furan rings is 1. The molecule has 1 fully saturated rings. The number of aliphatic imine (C=N–C) groups is 1. The third-order valence-electron chi connectivity index (χ3n) is 5.39. The molecule has 1 atom stereocenters. The molecule has 0 amide bonds. The van der Waals surface area contributed by atoms with Crippen LogP contribution in [-0.2, 0) is 4.74 Å². The van der Waals surface area contributed by atoms with Crippen LogP contribution in [0.2, 0.25) is 0 Å². The molecule has 28 heavy (non-hydrogen) atoms. The number of allylic oxidation sites excluding steroid dienone is 1. The Morgan fingerprint density at radius 3 is 2.68 bits per heavy atom. The van der Waals surface area contributed by atoms with Gasteiger partial charge in [0.25, 0.3) is 0 Å². The molecule has 3 rings (SSSR count). The van der Waals surface area contributed by atoms with Gasteiger partial charge in [0.1, 0.15) is 11.5 Å². The Bertz CT molecular complexity index is 638. The molecule has 1 aromatic rings.